The van der Waals surface area contributed by atoms with Gasteiger partial charge in [0, 0.05) is 24.1 Å². The van der Waals surface area contributed by atoms with Gasteiger partial charge in [-0.15, -0.1) is 0 Å². The highest BCUT2D eigenvalue weighted by Crippen LogP contribution is 2.22. The van der Waals surface area contributed by atoms with Gasteiger partial charge in [-0.3, -0.25) is 0 Å². The Labute approximate surface area is 125 Å². The fourth-order valence-corrected chi connectivity index (χ4v) is 2.52. The topological polar surface area (TPSA) is 43.4 Å². The van der Waals surface area contributed by atoms with Crippen molar-refractivity contribution in [2.24, 2.45) is 0 Å². The molecule has 1 aliphatic heterocycles. The maximum atomic E-state index is 5.95. The van der Waals surface area contributed by atoms with Crippen LogP contribution in [-0.4, -0.2) is 30.8 Å². The lowest BCUT2D eigenvalue weighted by Crippen LogP contribution is -2.13. The van der Waals surface area contributed by atoms with E-state index in [9.17, 15) is 0 Å². The quantitative estimate of drug-likeness (QED) is 0.884. The van der Waals surface area contributed by atoms with E-state index in [4.69, 9.17) is 14.5 Å². The summed E-state index contributed by atoms with van der Waals surface area (Å²) in [5, 5.41) is 4.56. The molecule has 1 aromatic heterocycles. The molecule has 4 nitrogen and oxygen atoms in total. The first-order valence-corrected chi connectivity index (χ1v) is 7.68. The second kappa shape index (κ2) is 6.87. The van der Waals surface area contributed by atoms with Crippen molar-refractivity contribution in [2.75, 3.05) is 25.1 Å². The second-order valence-electron chi connectivity index (χ2n) is 5.41. The Morgan fingerprint density at radius 1 is 1.38 bits per heavy atom. The first-order valence-electron chi connectivity index (χ1n) is 7.68. The minimum Gasteiger partial charge on any atom is -0.379 e. The predicted molar refractivity (Wildman–Crippen MR) is 84.5 cm³/mol. The van der Waals surface area contributed by atoms with Crippen LogP contribution in [0.3, 0.4) is 0 Å². The highest BCUT2D eigenvalue weighted by Gasteiger charge is 2.17. The number of hydrogen-bond acceptors (Lipinski definition) is 4. The van der Waals surface area contributed by atoms with Crippen molar-refractivity contribution in [3.63, 3.8) is 0 Å². The zero-order valence-corrected chi connectivity index (χ0v) is 12.5. The summed E-state index contributed by atoms with van der Waals surface area (Å²) >= 11 is 0. The lowest BCUT2D eigenvalue weighted by atomic mass is 10.1. The normalized spacial score (nSPS) is 18.2. The average molecular weight is 286 g/mol. The van der Waals surface area contributed by atoms with Gasteiger partial charge in [-0.2, -0.15) is 0 Å². The van der Waals surface area contributed by atoms with Crippen LogP contribution in [0, 0.1) is 0 Å². The third kappa shape index (κ3) is 3.52. The molecule has 4 heteroatoms. The Kier molecular flexibility index (Phi) is 4.68. The van der Waals surface area contributed by atoms with E-state index in [1.807, 2.05) is 18.2 Å². The molecule has 2 aromatic rings. The number of pyridine rings is 1. The Bertz CT molecular complexity index is 594. The Balaban J connectivity index is 1.82. The third-order valence-corrected chi connectivity index (χ3v) is 3.71. The van der Waals surface area contributed by atoms with Crippen LogP contribution in [0.15, 0.2) is 30.3 Å². The van der Waals surface area contributed by atoms with Gasteiger partial charge in [-0.1, -0.05) is 25.1 Å². The number of ether oxygens (including phenoxy) is 2. The van der Waals surface area contributed by atoms with E-state index < -0.39 is 0 Å². The van der Waals surface area contributed by atoms with Crippen molar-refractivity contribution in [2.45, 2.75) is 32.5 Å². The monoisotopic (exact) mass is 286 g/mol. The second-order valence-corrected chi connectivity index (χ2v) is 5.41. The fourth-order valence-electron chi connectivity index (χ4n) is 2.52. The van der Waals surface area contributed by atoms with Crippen LogP contribution in [0.25, 0.3) is 10.9 Å². The maximum absolute atomic E-state index is 5.95. The molecule has 1 fully saturated rings. The summed E-state index contributed by atoms with van der Waals surface area (Å²) in [4.78, 5) is 4.74. The molecule has 2 heterocycles. The Morgan fingerprint density at radius 2 is 2.29 bits per heavy atom. The number of anilines is 1. The van der Waals surface area contributed by atoms with Gasteiger partial charge >= 0.3 is 0 Å². The summed E-state index contributed by atoms with van der Waals surface area (Å²) in [5.41, 5.74) is 2.14. The molecule has 1 atom stereocenters. The van der Waals surface area contributed by atoms with Crippen LogP contribution in [0.5, 0.6) is 0 Å². The minimum atomic E-state index is 0.218. The zero-order valence-electron chi connectivity index (χ0n) is 12.5. The molecule has 0 saturated carbocycles. The van der Waals surface area contributed by atoms with Crippen LogP contribution in [0.1, 0.15) is 25.3 Å². The number of nitrogens with zero attached hydrogens (tertiary/aromatic N) is 1. The van der Waals surface area contributed by atoms with Crippen LogP contribution in [0.2, 0.25) is 0 Å². The summed E-state index contributed by atoms with van der Waals surface area (Å²) in [5.74, 6) is 0.939. The van der Waals surface area contributed by atoms with E-state index in [0.29, 0.717) is 13.2 Å². The van der Waals surface area contributed by atoms with Crippen LogP contribution in [-0.2, 0) is 16.1 Å². The summed E-state index contributed by atoms with van der Waals surface area (Å²) < 4.78 is 11.3. The third-order valence-electron chi connectivity index (χ3n) is 3.71. The van der Waals surface area contributed by atoms with Gasteiger partial charge in [-0.05, 0) is 25.0 Å². The van der Waals surface area contributed by atoms with Gasteiger partial charge in [-0.25, -0.2) is 4.98 Å². The number of nitrogens with one attached hydrogen (secondary N) is 1. The lowest BCUT2D eigenvalue weighted by molar-refractivity contribution is 0.0319. The highest BCUT2D eigenvalue weighted by atomic mass is 16.5. The molecule has 1 aromatic carbocycles. The number of para-hydroxylation sites is 1. The maximum Gasteiger partial charge on any atom is 0.132 e. The Hall–Kier alpha value is -1.65. The molecular formula is C17H22N2O2. The van der Waals surface area contributed by atoms with Gasteiger partial charge in [0.25, 0.3) is 0 Å². The smallest absolute Gasteiger partial charge is 0.132 e. The molecule has 1 aliphatic rings. The van der Waals surface area contributed by atoms with E-state index in [2.05, 4.69) is 24.4 Å². The first-order chi connectivity index (χ1) is 10.4. The molecule has 0 radical (unpaired) electrons. The van der Waals surface area contributed by atoms with Crippen LogP contribution >= 0.6 is 0 Å². The Morgan fingerprint density at radius 3 is 3.10 bits per heavy atom. The average Bonchev–Trinajstić information content (AvgIpc) is 3.04. The van der Waals surface area contributed by atoms with Crippen molar-refractivity contribution in [3.05, 3.63) is 35.9 Å². The molecule has 112 valence electrons. The molecule has 1 unspecified atom stereocenters. The summed E-state index contributed by atoms with van der Waals surface area (Å²) in [6.07, 6.45) is 2.28. The highest BCUT2D eigenvalue weighted by molar-refractivity contribution is 5.81. The molecule has 0 bridgehead atoms. The molecule has 3 rings (SSSR count). The SMILES string of the molecule is CCCNc1nc2ccccc2cc1COC1CCOC1. The van der Waals surface area contributed by atoms with Crippen molar-refractivity contribution >= 4 is 16.7 Å². The van der Waals surface area contributed by atoms with Crippen molar-refractivity contribution in [1.82, 2.24) is 4.98 Å². The van der Waals surface area contributed by atoms with Gasteiger partial charge in [0.1, 0.15) is 5.82 Å². The van der Waals surface area contributed by atoms with Crippen molar-refractivity contribution in [1.29, 1.82) is 0 Å². The molecule has 0 amide bonds. The standard InChI is InChI=1S/C17H22N2O2/c1-2-8-18-17-14(11-21-15-7-9-20-12-15)10-13-5-3-4-6-16(13)19-17/h3-6,10,15H,2,7-9,11-12H2,1H3,(H,18,19). The molecule has 21 heavy (non-hydrogen) atoms. The fraction of sp³-hybridized carbons (Fsp3) is 0.471. The molecule has 1 saturated heterocycles. The van der Waals surface area contributed by atoms with Gasteiger partial charge < -0.3 is 14.8 Å². The number of rotatable bonds is 6. The number of fused-ring (bicyclic) bond motifs is 1. The zero-order chi connectivity index (χ0) is 14.5. The molecule has 0 aliphatic carbocycles. The van der Waals surface area contributed by atoms with Crippen molar-refractivity contribution in [3.8, 4) is 0 Å². The van der Waals surface area contributed by atoms with E-state index in [1.165, 1.54) is 0 Å². The lowest BCUT2D eigenvalue weighted by Gasteiger charge is -2.15. The first kappa shape index (κ1) is 14.3. The summed E-state index contributed by atoms with van der Waals surface area (Å²) in [7, 11) is 0. The van der Waals surface area contributed by atoms with Gasteiger partial charge in [0.05, 0.1) is 24.8 Å². The summed E-state index contributed by atoms with van der Waals surface area (Å²) in [6.45, 7) is 5.17. The number of benzene rings is 1. The van der Waals surface area contributed by atoms with E-state index >= 15 is 0 Å². The molecular weight excluding hydrogens is 264 g/mol. The molecule has 0 spiro atoms. The van der Waals surface area contributed by atoms with E-state index in [1.54, 1.807) is 0 Å². The largest absolute Gasteiger partial charge is 0.379 e. The number of hydrogen-bond donors (Lipinski definition) is 1. The molecule has 1 N–H and O–H groups in total. The minimum absolute atomic E-state index is 0.218. The number of aromatic nitrogens is 1. The van der Waals surface area contributed by atoms with Crippen molar-refractivity contribution < 1.29 is 9.47 Å². The van der Waals surface area contributed by atoms with E-state index in [0.717, 1.165) is 48.3 Å². The van der Waals surface area contributed by atoms with Gasteiger partial charge in [0.2, 0.25) is 0 Å². The van der Waals surface area contributed by atoms with Gasteiger partial charge in [0.15, 0.2) is 0 Å². The van der Waals surface area contributed by atoms with Crippen LogP contribution in [0.4, 0.5) is 5.82 Å². The van der Waals surface area contributed by atoms with E-state index in [-0.39, 0.29) is 6.10 Å². The predicted octanol–water partition coefficient (Wildman–Crippen LogP) is 3.36. The summed E-state index contributed by atoms with van der Waals surface area (Å²) in [6, 6.07) is 10.4. The van der Waals surface area contributed by atoms with Crippen LogP contribution < -0.4 is 5.32 Å².